The van der Waals surface area contributed by atoms with Crippen molar-refractivity contribution in [2.24, 2.45) is 11.3 Å². The van der Waals surface area contributed by atoms with E-state index in [1.807, 2.05) is 0 Å². The van der Waals surface area contributed by atoms with E-state index in [0.717, 1.165) is 0 Å². The van der Waals surface area contributed by atoms with Crippen LogP contribution in [-0.2, 0) is 13.6 Å². The van der Waals surface area contributed by atoms with E-state index in [1.54, 1.807) is 0 Å². The summed E-state index contributed by atoms with van der Waals surface area (Å²) in [7, 11) is -2.71. The number of hydrogen-bond donors (Lipinski definition) is 0. The first-order chi connectivity index (χ1) is 5.36. The Morgan fingerprint density at radius 3 is 2.08 bits per heavy atom. The van der Waals surface area contributed by atoms with E-state index in [0.29, 0.717) is 19.1 Å². The average molecular weight is 192 g/mol. The molecule has 1 saturated heterocycles. The molecule has 0 N–H and O–H groups in total. The van der Waals surface area contributed by atoms with Gasteiger partial charge in [-0.3, -0.25) is 4.57 Å². The Morgan fingerprint density at radius 1 is 1.33 bits per heavy atom. The van der Waals surface area contributed by atoms with Crippen LogP contribution in [0.5, 0.6) is 0 Å². The SMILES string of the molecule is CC(C)C1(C)COP(C)(=O)OC1. The molecule has 72 valence electrons. The molecular formula is C8H17O3P. The molecule has 1 rings (SSSR count). The summed E-state index contributed by atoms with van der Waals surface area (Å²) in [5.41, 5.74) is 0.0178. The Labute approximate surface area is 74.0 Å². The third-order valence-corrected chi connectivity index (χ3v) is 3.85. The van der Waals surface area contributed by atoms with Gasteiger partial charge in [0.05, 0.1) is 13.2 Å². The Kier molecular flexibility index (Phi) is 2.67. The highest BCUT2D eigenvalue weighted by molar-refractivity contribution is 7.53. The van der Waals surface area contributed by atoms with Gasteiger partial charge in [-0.15, -0.1) is 0 Å². The fourth-order valence-corrected chi connectivity index (χ4v) is 2.08. The minimum Gasteiger partial charge on any atom is -0.308 e. The normalized spacial score (nSPS) is 43.4. The van der Waals surface area contributed by atoms with E-state index in [2.05, 4.69) is 20.8 Å². The molecule has 0 saturated carbocycles. The van der Waals surface area contributed by atoms with Gasteiger partial charge in [0, 0.05) is 12.1 Å². The molecule has 0 aliphatic carbocycles. The van der Waals surface area contributed by atoms with Crippen molar-refractivity contribution in [2.45, 2.75) is 20.8 Å². The van der Waals surface area contributed by atoms with Crippen LogP contribution >= 0.6 is 7.60 Å². The van der Waals surface area contributed by atoms with Crippen LogP contribution in [0.1, 0.15) is 20.8 Å². The minimum absolute atomic E-state index is 0.0178. The van der Waals surface area contributed by atoms with Crippen molar-refractivity contribution in [3.8, 4) is 0 Å². The van der Waals surface area contributed by atoms with E-state index >= 15 is 0 Å². The molecule has 0 bridgehead atoms. The molecule has 0 spiro atoms. The van der Waals surface area contributed by atoms with Gasteiger partial charge in [0.15, 0.2) is 0 Å². The van der Waals surface area contributed by atoms with Crippen molar-refractivity contribution in [3.05, 3.63) is 0 Å². The van der Waals surface area contributed by atoms with E-state index in [1.165, 1.54) is 6.66 Å². The topological polar surface area (TPSA) is 35.5 Å². The van der Waals surface area contributed by atoms with Crippen molar-refractivity contribution in [1.29, 1.82) is 0 Å². The lowest BCUT2D eigenvalue weighted by Gasteiger charge is -2.38. The summed E-state index contributed by atoms with van der Waals surface area (Å²) in [5.74, 6) is 0.484. The van der Waals surface area contributed by atoms with Crippen LogP contribution in [0.15, 0.2) is 0 Å². The molecule has 0 radical (unpaired) electrons. The zero-order chi connectivity index (χ0) is 9.41. The second-order valence-corrected chi connectivity index (χ2v) is 6.19. The Bertz CT molecular complexity index is 200. The van der Waals surface area contributed by atoms with E-state index in [4.69, 9.17) is 9.05 Å². The van der Waals surface area contributed by atoms with Crippen LogP contribution in [0.3, 0.4) is 0 Å². The summed E-state index contributed by atoms with van der Waals surface area (Å²) < 4.78 is 21.7. The summed E-state index contributed by atoms with van der Waals surface area (Å²) in [6.45, 7) is 8.94. The highest BCUT2D eigenvalue weighted by atomic mass is 31.2. The smallest absolute Gasteiger partial charge is 0.308 e. The van der Waals surface area contributed by atoms with Crippen LogP contribution in [-0.4, -0.2) is 19.9 Å². The molecule has 1 fully saturated rings. The van der Waals surface area contributed by atoms with Crippen molar-refractivity contribution >= 4 is 7.60 Å². The van der Waals surface area contributed by atoms with Gasteiger partial charge in [0.2, 0.25) is 0 Å². The molecule has 0 atom stereocenters. The van der Waals surface area contributed by atoms with Gasteiger partial charge in [0.1, 0.15) is 0 Å². The van der Waals surface area contributed by atoms with Crippen molar-refractivity contribution in [1.82, 2.24) is 0 Å². The zero-order valence-corrected chi connectivity index (χ0v) is 9.06. The van der Waals surface area contributed by atoms with Gasteiger partial charge in [-0.1, -0.05) is 20.8 Å². The maximum Gasteiger partial charge on any atom is 0.327 e. The number of rotatable bonds is 1. The predicted octanol–water partition coefficient (Wildman–Crippen LogP) is 2.52. The summed E-state index contributed by atoms with van der Waals surface area (Å²) >= 11 is 0. The van der Waals surface area contributed by atoms with Gasteiger partial charge < -0.3 is 9.05 Å². The minimum atomic E-state index is -2.71. The van der Waals surface area contributed by atoms with Crippen molar-refractivity contribution in [2.75, 3.05) is 19.9 Å². The summed E-state index contributed by atoms with van der Waals surface area (Å²) in [6, 6.07) is 0. The van der Waals surface area contributed by atoms with Gasteiger partial charge in [-0.2, -0.15) is 0 Å². The first-order valence-corrected chi connectivity index (χ1v) is 6.21. The van der Waals surface area contributed by atoms with Crippen LogP contribution in [0, 0.1) is 11.3 Å². The standard InChI is InChI=1S/C8H17O3P/c1-7(2)8(3)5-10-12(4,9)11-6-8/h7H,5-6H2,1-4H3. The van der Waals surface area contributed by atoms with Gasteiger partial charge in [-0.25, -0.2) is 0 Å². The zero-order valence-electron chi connectivity index (χ0n) is 8.16. The van der Waals surface area contributed by atoms with Gasteiger partial charge in [0.25, 0.3) is 0 Å². The fraction of sp³-hybridized carbons (Fsp3) is 1.00. The third kappa shape index (κ3) is 2.09. The Hall–Kier alpha value is 0.150. The molecule has 0 aromatic carbocycles. The van der Waals surface area contributed by atoms with Crippen molar-refractivity contribution in [3.63, 3.8) is 0 Å². The molecule has 1 aliphatic rings. The average Bonchev–Trinajstić information content (AvgIpc) is 1.96. The van der Waals surface area contributed by atoms with Gasteiger partial charge >= 0.3 is 7.60 Å². The Morgan fingerprint density at radius 2 is 1.75 bits per heavy atom. The van der Waals surface area contributed by atoms with Crippen LogP contribution < -0.4 is 0 Å². The molecule has 4 heteroatoms. The lowest BCUT2D eigenvalue weighted by molar-refractivity contribution is 0.000893. The monoisotopic (exact) mass is 192 g/mol. The van der Waals surface area contributed by atoms with Crippen molar-refractivity contribution < 1.29 is 13.6 Å². The van der Waals surface area contributed by atoms with E-state index in [9.17, 15) is 4.57 Å². The molecule has 12 heavy (non-hydrogen) atoms. The molecular weight excluding hydrogens is 175 g/mol. The lowest BCUT2D eigenvalue weighted by atomic mass is 9.81. The molecule has 1 heterocycles. The molecule has 0 unspecified atom stereocenters. The molecule has 0 amide bonds. The van der Waals surface area contributed by atoms with Gasteiger partial charge in [-0.05, 0) is 5.92 Å². The maximum atomic E-state index is 11.3. The highest BCUT2D eigenvalue weighted by Crippen LogP contribution is 2.51. The highest BCUT2D eigenvalue weighted by Gasteiger charge is 2.38. The van der Waals surface area contributed by atoms with E-state index < -0.39 is 7.60 Å². The summed E-state index contributed by atoms with van der Waals surface area (Å²) in [6.07, 6.45) is 0. The van der Waals surface area contributed by atoms with Crippen LogP contribution in [0.25, 0.3) is 0 Å². The number of hydrogen-bond acceptors (Lipinski definition) is 3. The quantitative estimate of drug-likeness (QED) is 0.599. The first-order valence-electron chi connectivity index (χ1n) is 4.22. The largest absolute Gasteiger partial charge is 0.327 e. The molecule has 0 aromatic rings. The maximum absolute atomic E-state index is 11.3. The van der Waals surface area contributed by atoms with Crippen LogP contribution in [0.2, 0.25) is 0 Å². The fourth-order valence-electron chi connectivity index (χ4n) is 0.942. The Balaban J connectivity index is 2.62. The lowest BCUT2D eigenvalue weighted by Crippen LogP contribution is -2.37. The second kappa shape index (κ2) is 3.13. The second-order valence-electron chi connectivity index (χ2n) is 4.13. The summed E-state index contributed by atoms with van der Waals surface area (Å²) in [4.78, 5) is 0. The first kappa shape index (κ1) is 10.2. The molecule has 1 aliphatic heterocycles. The van der Waals surface area contributed by atoms with Crippen LogP contribution in [0.4, 0.5) is 0 Å². The molecule has 3 nitrogen and oxygen atoms in total. The summed E-state index contributed by atoms with van der Waals surface area (Å²) in [5, 5.41) is 0. The third-order valence-electron chi connectivity index (χ3n) is 2.65. The molecule has 0 aromatic heterocycles. The predicted molar refractivity (Wildman–Crippen MR) is 48.4 cm³/mol. The van der Waals surface area contributed by atoms with E-state index in [-0.39, 0.29) is 5.41 Å².